The number of carboxylic acids is 1. The number of amides is 1. The summed E-state index contributed by atoms with van der Waals surface area (Å²) >= 11 is 0. The van der Waals surface area contributed by atoms with Crippen LogP contribution < -0.4 is 5.32 Å². The average molecular weight is 299 g/mol. The molecule has 0 spiro atoms. The van der Waals surface area contributed by atoms with Gasteiger partial charge in [-0.3, -0.25) is 4.79 Å². The molecule has 2 atom stereocenters. The highest BCUT2D eigenvalue weighted by Gasteiger charge is 2.28. The molecular weight excluding hydrogens is 274 g/mol. The van der Waals surface area contributed by atoms with E-state index in [0.717, 1.165) is 25.7 Å². The summed E-state index contributed by atoms with van der Waals surface area (Å²) in [5.74, 6) is -1.51. The fraction of sp³-hybridized carbons (Fsp3) is 0.733. The lowest BCUT2D eigenvalue weighted by molar-refractivity contribution is -0.147. The fourth-order valence-corrected chi connectivity index (χ4v) is 2.31. The predicted molar refractivity (Wildman–Crippen MR) is 78.0 cm³/mol. The molecule has 1 amide bonds. The van der Waals surface area contributed by atoms with E-state index in [9.17, 15) is 9.59 Å². The molecule has 1 fully saturated rings. The summed E-state index contributed by atoms with van der Waals surface area (Å²) in [7, 11) is 0. The molecule has 0 heterocycles. The Morgan fingerprint density at radius 2 is 2.10 bits per heavy atom. The molecule has 0 saturated heterocycles. The van der Waals surface area contributed by atoms with Crippen LogP contribution in [-0.2, 0) is 19.1 Å². The summed E-state index contributed by atoms with van der Waals surface area (Å²) in [5, 5.41) is 11.6. The first-order valence-corrected chi connectivity index (χ1v) is 7.45. The maximum atomic E-state index is 12.1. The van der Waals surface area contributed by atoms with E-state index >= 15 is 0 Å². The van der Waals surface area contributed by atoms with E-state index in [1.165, 1.54) is 6.08 Å². The number of hydrogen-bond donors (Lipinski definition) is 2. The minimum atomic E-state index is -1.12. The van der Waals surface area contributed by atoms with Gasteiger partial charge in [0, 0.05) is 0 Å². The van der Waals surface area contributed by atoms with E-state index in [2.05, 4.69) is 11.9 Å². The molecule has 2 N–H and O–H groups in total. The number of nitrogens with one attached hydrogen (secondary N) is 1. The number of aliphatic carboxylic acids is 1. The first-order chi connectivity index (χ1) is 10.1. The zero-order chi connectivity index (χ0) is 15.7. The van der Waals surface area contributed by atoms with Gasteiger partial charge in [0.2, 0.25) is 5.91 Å². The van der Waals surface area contributed by atoms with E-state index in [-0.39, 0.29) is 25.2 Å². The molecule has 1 rings (SSSR count). The largest absolute Gasteiger partial charge is 0.480 e. The Kier molecular flexibility index (Phi) is 8.00. The molecule has 0 bridgehead atoms. The van der Waals surface area contributed by atoms with Crippen molar-refractivity contribution in [2.24, 2.45) is 0 Å². The topological polar surface area (TPSA) is 84.9 Å². The van der Waals surface area contributed by atoms with Gasteiger partial charge in [-0.2, -0.15) is 0 Å². The van der Waals surface area contributed by atoms with Gasteiger partial charge in [-0.05, 0) is 19.3 Å². The quantitative estimate of drug-likeness (QED) is 0.471. The Labute approximate surface area is 125 Å². The van der Waals surface area contributed by atoms with Gasteiger partial charge in [0.15, 0.2) is 6.04 Å². The number of hydrogen-bond acceptors (Lipinski definition) is 4. The fourth-order valence-electron chi connectivity index (χ4n) is 2.31. The number of carbonyl (C=O) groups excluding carboxylic acids is 1. The summed E-state index contributed by atoms with van der Waals surface area (Å²) < 4.78 is 10.9. The van der Waals surface area contributed by atoms with Gasteiger partial charge >= 0.3 is 5.97 Å². The lowest BCUT2D eigenvalue weighted by atomic mass is 10.2. The van der Waals surface area contributed by atoms with Crippen molar-refractivity contribution in [1.29, 1.82) is 0 Å². The molecule has 2 unspecified atom stereocenters. The molecule has 21 heavy (non-hydrogen) atoms. The third kappa shape index (κ3) is 6.27. The minimum absolute atomic E-state index is 0.0903. The molecular formula is C15H25NO5. The van der Waals surface area contributed by atoms with Crippen LogP contribution in [-0.4, -0.2) is 48.4 Å². The van der Waals surface area contributed by atoms with Crippen LogP contribution in [0.4, 0.5) is 0 Å². The second kappa shape index (κ2) is 9.52. The van der Waals surface area contributed by atoms with Gasteiger partial charge < -0.3 is 19.9 Å². The van der Waals surface area contributed by atoms with Crippen LogP contribution in [0.2, 0.25) is 0 Å². The van der Waals surface area contributed by atoms with E-state index in [1.807, 2.05) is 6.92 Å². The van der Waals surface area contributed by atoms with E-state index in [0.29, 0.717) is 6.42 Å². The molecule has 1 aliphatic carbocycles. The molecule has 0 radical (unpaired) electrons. The van der Waals surface area contributed by atoms with Crippen molar-refractivity contribution < 1.29 is 24.2 Å². The molecule has 6 nitrogen and oxygen atoms in total. The van der Waals surface area contributed by atoms with Gasteiger partial charge in [0.05, 0.1) is 19.3 Å². The first-order valence-electron chi connectivity index (χ1n) is 7.45. The molecule has 0 aromatic carbocycles. The predicted octanol–water partition coefficient (Wildman–Crippen LogP) is 1.50. The third-order valence-corrected chi connectivity index (χ3v) is 3.46. The van der Waals surface area contributed by atoms with Crippen molar-refractivity contribution in [2.75, 3.05) is 13.2 Å². The Bertz CT molecular complexity index is 352. The van der Waals surface area contributed by atoms with Crippen molar-refractivity contribution in [2.45, 2.75) is 57.3 Å². The molecule has 120 valence electrons. The highest BCUT2D eigenvalue weighted by Crippen LogP contribution is 2.22. The monoisotopic (exact) mass is 299 g/mol. The Hall–Kier alpha value is -1.40. The van der Waals surface area contributed by atoms with E-state index < -0.39 is 18.1 Å². The second-order valence-corrected chi connectivity index (χ2v) is 5.16. The minimum Gasteiger partial charge on any atom is -0.480 e. The lowest BCUT2D eigenvalue weighted by Crippen LogP contribution is -2.49. The number of rotatable bonds is 10. The van der Waals surface area contributed by atoms with Crippen LogP contribution >= 0.6 is 0 Å². The maximum absolute atomic E-state index is 12.1. The number of carbonyl (C=O) groups is 2. The Balaban J connectivity index is 2.48. The highest BCUT2D eigenvalue weighted by atomic mass is 16.5. The van der Waals surface area contributed by atoms with Gasteiger partial charge in [0.1, 0.15) is 6.10 Å². The maximum Gasteiger partial charge on any atom is 0.328 e. The zero-order valence-corrected chi connectivity index (χ0v) is 12.5. The summed E-state index contributed by atoms with van der Waals surface area (Å²) in [6.07, 6.45) is 5.73. The molecule has 1 saturated carbocycles. The lowest BCUT2D eigenvalue weighted by Gasteiger charge is -2.22. The number of ether oxygens (including phenoxy) is 2. The average Bonchev–Trinajstić information content (AvgIpc) is 2.96. The van der Waals surface area contributed by atoms with Crippen molar-refractivity contribution in [3.63, 3.8) is 0 Å². The number of carboxylic acid groups (broad SMARTS) is 1. The third-order valence-electron chi connectivity index (χ3n) is 3.46. The summed E-state index contributed by atoms with van der Waals surface area (Å²) in [6, 6.07) is -1.07. The van der Waals surface area contributed by atoms with Gasteiger partial charge in [-0.15, -0.1) is 6.58 Å². The van der Waals surface area contributed by atoms with Crippen molar-refractivity contribution >= 4 is 11.9 Å². The van der Waals surface area contributed by atoms with Gasteiger partial charge in [0.25, 0.3) is 0 Å². The molecule has 1 aliphatic rings. The van der Waals surface area contributed by atoms with Crippen molar-refractivity contribution in [3.05, 3.63) is 12.7 Å². The van der Waals surface area contributed by atoms with Gasteiger partial charge in [-0.25, -0.2) is 4.79 Å². The second-order valence-electron chi connectivity index (χ2n) is 5.16. The van der Waals surface area contributed by atoms with Crippen LogP contribution in [0.15, 0.2) is 12.7 Å². The zero-order valence-electron chi connectivity index (χ0n) is 12.5. The van der Waals surface area contributed by atoms with E-state index in [4.69, 9.17) is 14.6 Å². The van der Waals surface area contributed by atoms with Crippen LogP contribution in [0.1, 0.15) is 39.0 Å². The van der Waals surface area contributed by atoms with Crippen LogP contribution in [0, 0.1) is 0 Å². The molecule has 6 heteroatoms. The van der Waals surface area contributed by atoms with Crippen molar-refractivity contribution in [1.82, 2.24) is 5.32 Å². The summed E-state index contributed by atoms with van der Waals surface area (Å²) in [5.41, 5.74) is 0. The van der Waals surface area contributed by atoms with Crippen LogP contribution in [0.25, 0.3) is 0 Å². The van der Waals surface area contributed by atoms with Crippen LogP contribution in [0.3, 0.4) is 0 Å². The van der Waals surface area contributed by atoms with Gasteiger partial charge in [-0.1, -0.05) is 25.8 Å². The van der Waals surface area contributed by atoms with Crippen LogP contribution in [0.5, 0.6) is 0 Å². The molecule has 0 aliphatic heterocycles. The highest BCUT2D eigenvalue weighted by molar-refractivity contribution is 5.86. The van der Waals surface area contributed by atoms with Crippen molar-refractivity contribution in [3.8, 4) is 0 Å². The smallest absolute Gasteiger partial charge is 0.328 e. The Morgan fingerprint density at radius 3 is 2.62 bits per heavy atom. The Morgan fingerprint density at radius 1 is 1.43 bits per heavy atom. The SMILES string of the molecule is C=CCOCC(NC(=O)C(CC)OC1CCCC1)C(=O)O. The molecule has 0 aromatic rings. The van der Waals surface area contributed by atoms with E-state index in [1.54, 1.807) is 0 Å². The summed E-state index contributed by atoms with van der Waals surface area (Å²) in [6.45, 7) is 5.49. The molecule has 0 aromatic heterocycles. The summed E-state index contributed by atoms with van der Waals surface area (Å²) in [4.78, 5) is 23.3. The normalized spacial score (nSPS) is 18.1. The first kappa shape index (κ1) is 17.7. The standard InChI is InChI=1S/C15H25NO5/c1-3-9-20-10-12(15(18)19)16-14(17)13(4-2)21-11-7-5-6-8-11/h3,11-13H,1,4-10H2,2H3,(H,16,17)(H,18,19).